The monoisotopic (exact) mass is 336 g/mol. The maximum Gasteiger partial charge on any atom is 0.241 e. The van der Waals surface area contributed by atoms with E-state index in [1.807, 2.05) is 49.3 Å². The molecule has 0 spiro atoms. The predicted molar refractivity (Wildman–Crippen MR) is 89.2 cm³/mol. The summed E-state index contributed by atoms with van der Waals surface area (Å²) in [5.74, 6) is -0.450. The second-order valence-electron chi connectivity index (χ2n) is 5.76. The number of nitrogens with one attached hydrogen (secondary N) is 1. The zero-order valence-electron chi connectivity index (χ0n) is 13.5. The second kappa shape index (κ2) is 7.21. The van der Waals surface area contributed by atoms with E-state index < -0.39 is 15.8 Å². The van der Waals surface area contributed by atoms with Crippen LogP contribution in [-0.4, -0.2) is 34.0 Å². The van der Waals surface area contributed by atoms with Crippen LogP contribution < -0.4 is 4.72 Å². The summed E-state index contributed by atoms with van der Waals surface area (Å²) >= 11 is 0. The average molecular weight is 336 g/mol. The standard InChI is InChI=1S/C17H21FN2O2S/c1-13-11-15(18)9-10-17(13)23(21,22)19-16(12-20(2)3)14-7-5-4-6-8-14/h4-11,16,19H,12H2,1-3H3/t16-/m1/s1. The summed E-state index contributed by atoms with van der Waals surface area (Å²) in [6.07, 6.45) is 0. The third-order valence-corrected chi connectivity index (χ3v) is 5.11. The Bertz CT molecular complexity index is 761. The van der Waals surface area contributed by atoms with Crippen LogP contribution in [0.15, 0.2) is 53.4 Å². The molecule has 0 aromatic heterocycles. The van der Waals surface area contributed by atoms with Gasteiger partial charge in [-0.3, -0.25) is 0 Å². The first-order valence-electron chi connectivity index (χ1n) is 7.28. The van der Waals surface area contributed by atoms with Crippen LogP contribution in [0.25, 0.3) is 0 Å². The van der Waals surface area contributed by atoms with Crippen molar-refractivity contribution in [2.45, 2.75) is 17.9 Å². The normalized spacial score (nSPS) is 13.3. The van der Waals surface area contributed by atoms with Crippen LogP contribution in [0.3, 0.4) is 0 Å². The first-order valence-corrected chi connectivity index (χ1v) is 8.76. The Kier molecular flexibility index (Phi) is 5.51. The Hall–Kier alpha value is -1.76. The maximum absolute atomic E-state index is 13.2. The van der Waals surface area contributed by atoms with Crippen molar-refractivity contribution in [3.63, 3.8) is 0 Å². The lowest BCUT2D eigenvalue weighted by atomic mass is 10.1. The molecule has 0 radical (unpaired) electrons. The van der Waals surface area contributed by atoms with Gasteiger partial charge in [-0.1, -0.05) is 30.3 Å². The first-order chi connectivity index (χ1) is 10.8. The van der Waals surface area contributed by atoms with E-state index in [9.17, 15) is 12.8 Å². The minimum atomic E-state index is -3.74. The fourth-order valence-corrected chi connectivity index (χ4v) is 3.87. The zero-order chi connectivity index (χ0) is 17.0. The summed E-state index contributed by atoms with van der Waals surface area (Å²) in [6.45, 7) is 2.10. The Morgan fingerprint density at radius 3 is 2.35 bits per heavy atom. The Morgan fingerprint density at radius 2 is 1.78 bits per heavy atom. The van der Waals surface area contributed by atoms with Crippen LogP contribution in [0.1, 0.15) is 17.2 Å². The van der Waals surface area contributed by atoms with E-state index in [0.717, 1.165) is 11.6 Å². The maximum atomic E-state index is 13.2. The molecular weight excluding hydrogens is 315 g/mol. The molecular formula is C17H21FN2O2S. The minimum Gasteiger partial charge on any atom is -0.307 e. The fourth-order valence-electron chi connectivity index (χ4n) is 2.43. The van der Waals surface area contributed by atoms with Gasteiger partial charge in [0.1, 0.15) is 5.82 Å². The van der Waals surface area contributed by atoms with Crippen molar-refractivity contribution in [1.82, 2.24) is 9.62 Å². The summed E-state index contributed by atoms with van der Waals surface area (Å²) < 4.78 is 41.3. The van der Waals surface area contributed by atoms with E-state index in [1.165, 1.54) is 12.1 Å². The summed E-state index contributed by atoms with van der Waals surface area (Å²) in [6, 6.07) is 12.7. The van der Waals surface area contributed by atoms with Gasteiger partial charge in [0.15, 0.2) is 0 Å². The molecule has 2 aromatic rings. The van der Waals surface area contributed by atoms with Crippen molar-refractivity contribution in [3.8, 4) is 0 Å². The van der Waals surface area contributed by atoms with E-state index in [4.69, 9.17) is 0 Å². The van der Waals surface area contributed by atoms with Crippen molar-refractivity contribution in [2.75, 3.05) is 20.6 Å². The molecule has 0 aliphatic rings. The van der Waals surface area contributed by atoms with E-state index in [0.29, 0.717) is 12.1 Å². The Morgan fingerprint density at radius 1 is 1.13 bits per heavy atom. The van der Waals surface area contributed by atoms with Gasteiger partial charge >= 0.3 is 0 Å². The number of rotatable bonds is 6. The number of aryl methyl sites for hydroxylation is 1. The lowest BCUT2D eigenvalue weighted by molar-refractivity contribution is 0.363. The minimum absolute atomic E-state index is 0.0959. The highest BCUT2D eigenvalue weighted by Gasteiger charge is 2.23. The highest BCUT2D eigenvalue weighted by atomic mass is 32.2. The van der Waals surface area contributed by atoms with E-state index in [-0.39, 0.29) is 10.9 Å². The molecule has 1 atom stereocenters. The Balaban J connectivity index is 2.34. The molecule has 0 unspecified atom stereocenters. The van der Waals surface area contributed by atoms with Crippen LogP contribution in [0.4, 0.5) is 4.39 Å². The van der Waals surface area contributed by atoms with Gasteiger partial charge in [0.05, 0.1) is 10.9 Å². The smallest absolute Gasteiger partial charge is 0.241 e. The number of hydrogen-bond donors (Lipinski definition) is 1. The lowest BCUT2D eigenvalue weighted by Gasteiger charge is -2.23. The molecule has 0 heterocycles. The van der Waals surface area contributed by atoms with Crippen LogP contribution in [0.5, 0.6) is 0 Å². The molecule has 1 N–H and O–H groups in total. The molecule has 0 aliphatic carbocycles. The number of benzene rings is 2. The van der Waals surface area contributed by atoms with Crippen LogP contribution in [0.2, 0.25) is 0 Å². The number of sulfonamides is 1. The molecule has 124 valence electrons. The summed E-state index contributed by atoms with van der Waals surface area (Å²) in [5, 5.41) is 0. The zero-order valence-corrected chi connectivity index (χ0v) is 14.3. The molecule has 2 aromatic carbocycles. The number of hydrogen-bond acceptors (Lipinski definition) is 3. The van der Waals surface area contributed by atoms with Crippen LogP contribution >= 0.6 is 0 Å². The molecule has 0 saturated carbocycles. The van der Waals surface area contributed by atoms with Crippen molar-refractivity contribution in [1.29, 1.82) is 0 Å². The van der Waals surface area contributed by atoms with Crippen molar-refractivity contribution >= 4 is 10.0 Å². The van der Waals surface area contributed by atoms with E-state index in [2.05, 4.69) is 4.72 Å². The molecule has 23 heavy (non-hydrogen) atoms. The number of halogens is 1. The number of nitrogens with zero attached hydrogens (tertiary/aromatic N) is 1. The molecule has 0 amide bonds. The van der Waals surface area contributed by atoms with E-state index in [1.54, 1.807) is 6.92 Å². The molecule has 0 saturated heterocycles. The third kappa shape index (κ3) is 4.60. The molecule has 0 fully saturated rings. The van der Waals surface area contributed by atoms with Gasteiger partial charge in [-0.05, 0) is 50.3 Å². The van der Waals surface area contributed by atoms with Gasteiger partial charge in [0, 0.05) is 6.54 Å². The highest BCUT2D eigenvalue weighted by Crippen LogP contribution is 2.21. The summed E-state index contributed by atoms with van der Waals surface area (Å²) in [5.41, 5.74) is 1.26. The van der Waals surface area contributed by atoms with Crippen molar-refractivity contribution < 1.29 is 12.8 Å². The average Bonchev–Trinajstić information content (AvgIpc) is 2.46. The molecule has 6 heteroatoms. The van der Waals surface area contributed by atoms with Crippen LogP contribution in [-0.2, 0) is 10.0 Å². The fraction of sp³-hybridized carbons (Fsp3) is 0.294. The molecule has 2 rings (SSSR count). The molecule has 0 aliphatic heterocycles. The van der Waals surface area contributed by atoms with Crippen LogP contribution in [0, 0.1) is 12.7 Å². The molecule has 4 nitrogen and oxygen atoms in total. The van der Waals surface area contributed by atoms with Gasteiger partial charge in [-0.15, -0.1) is 0 Å². The Labute approximate surface area is 137 Å². The van der Waals surface area contributed by atoms with Gasteiger partial charge < -0.3 is 4.90 Å². The first kappa shape index (κ1) is 17.6. The second-order valence-corrected chi connectivity index (χ2v) is 7.44. The lowest BCUT2D eigenvalue weighted by Crippen LogP contribution is -2.35. The predicted octanol–water partition coefficient (Wildman–Crippen LogP) is 2.72. The summed E-state index contributed by atoms with van der Waals surface area (Å²) in [4.78, 5) is 2.01. The largest absolute Gasteiger partial charge is 0.307 e. The third-order valence-electron chi connectivity index (χ3n) is 3.47. The van der Waals surface area contributed by atoms with E-state index >= 15 is 0 Å². The van der Waals surface area contributed by atoms with Gasteiger partial charge in [0.25, 0.3) is 0 Å². The van der Waals surface area contributed by atoms with Crippen molar-refractivity contribution in [2.24, 2.45) is 0 Å². The SMILES string of the molecule is Cc1cc(F)ccc1S(=O)(=O)N[C@H](CN(C)C)c1ccccc1. The quantitative estimate of drug-likeness (QED) is 0.882. The number of likely N-dealkylation sites (N-methyl/N-ethyl adjacent to an activating group) is 1. The topological polar surface area (TPSA) is 49.4 Å². The molecule has 0 bridgehead atoms. The van der Waals surface area contributed by atoms with Crippen molar-refractivity contribution in [3.05, 3.63) is 65.5 Å². The van der Waals surface area contributed by atoms with Gasteiger partial charge in [0.2, 0.25) is 10.0 Å². The highest BCUT2D eigenvalue weighted by molar-refractivity contribution is 7.89. The van der Waals surface area contributed by atoms with Gasteiger partial charge in [-0.25, -0.2) is 17.5 Å². The summed E-state index contributed by atoms with van der Waals surface area (Å²) in [7, 11) is 0.0206. The van der Waals surface area contributed by atoms with Gasteiger partial charge in [-0.2, -0.15) is 0 Å².